The highest BCUT2D eigenvalue weighted by atomic mass is 16.2. The highest BCUT2D eigenvalue weighted by molar-refractivity contribution is 5.80. The summed E-state index contributed by atoms with van der Waals surface area (Å²) in [6.07, 6.45) is 0. The van der Waals surface area contributed by atoms with Crippen molar-refractivity contribution in [2.24, 2.45) is 0 Å². The van der Waals surface area contributed by atoms with Crippen LogP contribution in [0.5, 0.6) is 0 Å². The highest BCUT2D eigenvalue weighted by Gasteiger charge is 2.21. The van der Waals surface area contributed by atoms with E-state index in [-0.39, 0.29) is 11.9 Å². The molecule has 0 bridgehead atoms. The summed E-state index contributed by atoms with van der Waals surface area (Å²) in [7, 11) is 3.56. The third-order valence-corrected chi connectivity index (χ3v) is 3.18. The normalized spacial score (nSPS) is 12.5. The first kappa shape index (κ1) is 14.5. The number of rotatable bonds is 5. The number of carbonyl (C=O) groups is 1. The highest BCUT2D eigenvalue weighted by Crippen LogP contribution is 2.15. The van der Waals surface area contributed by atoms with E-state index in [4.69, 9.17) is 5.73 Å². The third kappa shape index (κ3) is 3.47. The molecule has 2 N–H and O–H groups in total. The van der Waals surface area contributed by atoms with E-state index in [1.165, 1.54) is 0 Å². The van der Waals surface area contributed by atoms with Gasteiger partial charge in [-0.3, -0.25) is 9.69 Å². The van der Waals surface area contributed by atoms with Crippen molar-refractivity contribution in [3.8, 4) is 0 Å². The second-order valence-electron chi connectivity index (χ2n) is 4.67. The van der Waals surface area contributed by atoms with Gasteiger partial charge in [0.05, 0.1) is 6.04 Å². The molecule has 1 aromatic carbocycles. The van der Waals surface area contributed by atoms with Crippen LogP contribution >= 0.6 is 0 Å². The van der Waals surface area contributed by atoms with Crippen molar-refractivity contribution in [2.45, 2.75) is 26.4 Å². The number of nitrogens with zero attached hydrogens (tertiary/aromatic N) is 2. The van der Waals surface area contributed by atoms with Crippen molar-refractivity contribution in [1.82, 2.24) is 9.80 Å². The number of anilines is 1. The number of amides is 1. The zero-order valence-corrected chi connectivity index (χ0v) is 11.7. The Labute approximate surface area is 109 Å². The molecular weight excluding hydrogens is 226 g/mol. The molecule has 1 rings (SSSR count). The minimum absolute atomic E-state index is 0.117. The fraction of sp³-hybridized carbons (Fsp3) is 0.500. The molecule has 0 fully saturated rings. The maximum absolute atomic E-state index is 12.0. The second-order valence-corrected chi connectivity index (χ2v) is 4.67. The van der Waals surface area contributed by atoms with Gasteiger partial charge in [-0.05, 0) is 25.1 Å². The van der Waals surface area contributed by atoms with Crippen LogP contribution in [0.2, 0.25) is 0 Å². The fourth-order valence-electron chi connectivity index (χ4n) is 1.95. The number of carbonyl (C=O) groups excluding carboxylic acids is 1. The first-order chi connectivity index (χ1) is 8.47. The minimum Gasteiger partial charge on any atom is -0.398 e. The SMILES string of the molecule is CCN(Cc1ccccc1N)C(C)C(=O)N(C)C. The molecule has 0 aliphatic heterocycles. The monoisotopic (exact) mass is 249 g/mol. The van der Waals surface area contributed by atoms with Crippen LogP contribution in [0.1, 0.15) is 19.4 Å². The van der Waals surface area contributed by atoms with Gasteiger partial charge in [0.25, 0.3) is 0 Å². The van der Waals surface area contributed by atoms with Gasteiger partial charge in [0.15, 0.2) is 0 Å². The summed E-state index contributed by atoms with van der Waals surface area (Å²) in [5.74, 6) is 0.117. The van der Waals surface area contributed by atoms with Crippen molar-refractivity contribution in [2.75, 3.05) is 26.4 Å². The van der Waals surface area contributed by atoms with E-state index in [2.05, 4.69) is 11.8 Å². The molecule has 0 heterocycles. The van der Waals surface area contributed by atoms with Gasteiger partial charge >= 0.3 is 0 Å². The number of likely N-dealkylation sites (N-methyl/N-ethyl adjacent to an activating group) is 2. The maximum Gasteiger partial charge on any atom is 0.239 e. The van der Waals surface area contributed by atoms with E-state index < -0.39 is 0 Å². The smallest absolute Gasteiger partial charge is 0.239 e. The van der Waals surface area contributed by atoms with E-state index in [9.17, 15) is 4.79 Å². The van der Waals surface area contributed by atoms with E-state index >= 15 is 0 Å². The lowest BCUT2D eigenvalue weighted by molar-refractivity contribution is -0.134. The lowest BCUT2D eigenvalue weighted by Gasteiger charge is -2.29. The Morgan fingerprint density at radius 3 is 2.44 bits per heavy atom. The number of hydrogen-bond acceptors (Lipinski definition) is 3. The van der Waals surface area contributed by atoms with Crippen molar-refractivity contribution in [3.63, 3.8) is 0 Å². The minimum atomic E-state index is -0.135. The summed E-state index contributed by atoms with van der Waals surface area (Å²) in [5, 5.41) is 0. The topological polar surface area (TPSA) is 49.6 Å². The summed E-state index contributed by atoms with van der Waals surface area (Å²) in [6.45, 7) is 5.50. The molecule has 0 saturated carbocycles. The third-order valence-electron chi connectivity index (χ3n) is 3.18. The molecule has 0 aromatic heterocycles. The van der Waals surface area contributed by atoms with Crippen LogP contribution in [0, 0.1) is 0 Å². The van der Waals surface area contributed by atoms with Gasteiger partial charge in [-0.2, -0.15) is 0 Å². The molecule has 0 spiro atoms. The molecule has 4 heteroatoms. The van der Waals surface area contributed by atoms with Crippen molar-refractivity contribution in [1.29, 1.82) is 0 Å². The van der Waals surface area contributed by atoms with Gasteiger partial charge in [0, 0.05) is 26.3 Å². The van der Waals surface area contributed by atoms with Crippen LogP contribution in [0.4, 0.5) is 5.69 Å². The Balaban J connectivity index is 2.79. The number of nitrogen functional groups attached to an aromatic ring is 1. The predicted octanol–water partition coefficient (Wildman–Crippen LogP) is 1.57. The molecule has 4 nitrogen and oxygen atoms in total. The van der Waals surface area contributed by atoms with Crippen LogP contribution in [0.25, 0.3) is 0 Å². The first-order valence-electron chi connectivity index (χ1n) is 6.26. The number of hydrogen-bond donors (Lipinski definition) is 1. The van der Waals surface area contributed by atoms with Gasteiger partial charge in [-0.25, -0.2) is 0 Å². The first-order valence-corrected chi connectivity index (χ1v) is 6.26. The van der Waals surface area contributed by atoms with Gasteiger partial charge in [0.2, 0.25) is 5.91 Å². The lowest BCUT2D eigenvalue weighted by atomic mass is 10.1. The van der Waals surface area contributed by atoms with Gasteiger partial charge in [-0.15, -0.1) is 0 Å². The summed E-state index contributed by atoms with van der Waals surface area (Å²) >= 11 is 0. The lowest BCUT2D eigenvalue weighted by Crippen LogP contribution is -2.44. The van der Waals surface area contributed by atoms with Crippen molar-refractivity contribution in [3.05, 3.63) is 29.8 Å². The van der Waals surface area contributed by atoms with Crippen LogP contribution < -0.4 is 5.73 Å². The fourth-order valence-corrected chi connectivity index (χ4v) is 1.95. The molecule has 1 amide bonds. The molecule has 0 aliphatic rings. The van der Waals surface area contributed by atoms with Gasteiger partial charge in [0.1, 0.15) is 0 Å². The molecule has 1 unspecified atom stereocenters. The molecule has 1 aromatic rings. The number of para-hydroxylation sites is 1. The van der Waals surface area contributed by atoms with Gasteiger partial charge in [-0.1, -0.05) is 25.1 Å². The molecule has 0 aliphatic carbocycles. The molecule has 0 saturated heterocycles. The maximum atomic E-state index is 12.0. The van der Waals surface area contributed by atoms with Gasteiger partial charge < -0.3 is 10.6 Å². The number of benzene rings is 1. The van der Waals surface area contributed by atoms with Crippen molar-refractivity contribution < 1.29 is 4.79 Å². The Morgan fingerprint density at radius 2 is 1.94 bits per heavy atom. The Hall–Kier alpha value is -1.55. The molecule has 18 heavy (non-hydrogen) atoms. The predicted molar refractivity (Wildman–Crippen MR) is 75.1 cm³/mol. The van der Waals surface area contributed by atoms with Crippen molar-refractivity contribution >= 4 is 11.6 Å². The molecule has 0 radical (unpaired) electrons. The zero-order valence-electron chi connectivity index (χ0n) is 11.7. The quantitative estimate of drug-likeness (QED) is 0.806. The van der Waals surface area contributed by atoms with Crippen LogP contribution in [0.3, 0.4) is 0 Å². The second kappa shape index (κ2) is 6.40. The standard InChI is InChI=1S/C14H23N3O/c1-5-17(11(2)14(18)16(3)4)10-12-8-6-7-9-13(12)15/h6-9,11H,5,10,15H2,1-4H3. The van der Waals surface area contributed by atoms with Crippen LogP contribution in [-0.4, -0.2) is 42.4 Å². The Kier molecular flexibility index (Phi) is 5.16. The summed E-state index contributed by atoms with van der Waals surface area (Å²) in [4.78, 5) is 15.7. The Bertz CT molecular complexity index is 404. The van der Waals surface area contributed by atoms with Crippen LogP contribution in [0.15, 0.2) is 24.3 Å². The molecule has 100 valence electrons. The largest absolute Gasteiger partial charge is 0.398 e. The summed E-state index contributed by atoms with van der Waals surface area (Å²) < 4.78 is 0. The average molecular weight is 249 g/mol. The van der Waals surface area contributed by atoms with Crippen LogP contribution in [-0.2, 0) is 11.3 Å². The average Bonchev–Trinajstić information content (AvgIpc) is 2.36. The summed E-state index contributed by atoms with van der Waals surface area (Å²) in [6, 6.07) is 7.65. The van der Waals surface area contributed by atoms with E-state index in [1.54, 1.807) is 19.0 Å². The molecular formula is C14H23N3O. The zero-order chi connectivity index (χ0) is 13.7. The number of nitrogens with two attached hydrogens (primary N) is 1. The Morgan fingerprint density at radius 1 is 1.33 bits per heavy atom. The van der Waals surface area contributed by atoms with E-state index in [1.807, 2.05) is 31.2 Å². The molecule has 1 atom stereocenters. The van der Waals surface area contributed by atoms with E-state index in [0.717, 1.165) is 17.8 Å². The van der Waals surface area contributed by atoms with E-state index in [0.29, 0.717) is 6.54 Å². The summed E-state index contributed by atoms with van der Waals surface area (Å²) in [5.41, 5.74) is 7.78.